The van der Waals surface area contributed by atoms with Gasteiger partial charge in [-0.25, -0.2) is 9.97 Å². The van der Waals surface area contributed by atoms with Gasteiger partial charge in [-0.15, -0.1) is 11.3 Å². The molecule has 1 aliphatic rings. The molecule has 6 nitrogen and oxygen atoms in total. The van der Waals surface area contributed by atoms with E-state index in [1.165, 1.54) is 0 Å². The molecule has 8 heteroatoms. The van der Waals surface area contributed by atoms with Crippen LogP contribution in [-0.4, -0.2) is 41.6 Å². The molecule has 0 saturated carbocycles. The number of thiophene rings is 1. The minimum Gasteiger partial charge on any atom is -0.368 e. The molecule has 1 atom stereocenters. The van der Waals surface area contributed by atoms with E-state index >= 15 is 0 Å². The fourth-order valence-corrected chi connectivity index (χ4v) is 4.11. The second kappa shape index (κ2) is 6.59. The maximum atomic E-state index is 11.6. The van der Waals surface area contributed by atoms with Crippen molar-refractivity contribution >= 4 is 44.9 Å². The topological polar surface area (TPSA) is 84.1 Å². The zero-order valence-corrected chi connectivity index (χ0v) is 14.8. The SMILES string of the molecule is NC(=O)[C@H]1CN(c2ncnc3scc(-c4ccc(Cl)cc4)c23)CCN1. The van der Waals surface area contributed by atoms with Crippen molar-refractivity contribution in [1.29, 1.82) is 0 Å². The Balaban J connectivity index is 1.80. The van der Waals surface area contributed by atoms with E-state index in [1.54, 1.807) is 17.7 Å². The predicted octanol–water partition coefficient (Wildman–Crippen LogP) is 2.28. The highest BCUT2D eigenvalue weighted by molar-refractivity contribution is 7.17. The standard InChI is InChI=1S/C17H16ClN5OS/c18-11-3-1-10(2-4-11)12-8-25-17-14(12)16(21-9-22-17)23-6-5-20-13(7-23)15(19)24/h1-4,8-9,13,20H,5-7H2,(H2,19,24)/t13-/m1/s1. The van der Waals surface area contributed by atoms with Gasteiger partial charge in [0.2, 0.25) is 5.91 Å². The largest absolute Gasteiger partial charge is 0.368 e. The molecule has 1 amide bonds. The summed E-state index contributed by atoms with van der Waals surface area (Å²) in [5.41, 5.74) is 7.60. The summed E-state index contributed by atoms with van der Waals surface area (Å²) in [7, 11) is 0. The molecule has 1 aliphatic heterocycles. The molecule has 3 N–H and O–H groups in total. The van der Waals surface area contributed by atoms with Crippen LogP contribution in [-0.2, 0) is 4.79 Å². The number of fused-ring (bicyclic) bond motifs is 1. The van der Waals surface area contributed by atoms with Gasteiger partial charge in [-0.3, -0.25) is 4.79 Å². The third-order valence-corrected chi connectivity index (χ3v) is 5.46. The maximum Gasteiger partial charge on any atom is 0.236 e. The molecule has 0 aliphatic carbocycles. The fraction of sp³-hybridized carbons (Fsp3) is 0.235. The van der Waals surface area contributed by atoms with Crippen molar-refractivity contribution < 1.29 is 4.79 Å². The molecule has 0 unspecified atom stereocenters. The molecule has 128 valence electrons. The highest BCUT2D eigenvalue weighted by Crippen LogP contribution is 2.38. The summed E-state index contributed by atoms with van der Waals surface area (Å²) in [6, 6.07) is 7.35. The first-order valence-corrected chi connectivity index (χ1v) is 9.15. The van der Waals surface area contributed by atoms with Crippen LogP contribution in [0.3, 0.4) is 0 Å². The monoisotopic (exact) mass is 373 g/mol. The highest BCUT2D eigenvalue weighted by Gasteiger charge is 2.26. The molecule has 2 aromatic heterocycles. The zero-order valence-electron chi connectivity index (χ0n) is 13.3. The second-order valence-corrected chi connectivity index (χ2v) is 7.18. The van der Waals surface area contributed by atoms with Gasteiger partial charge < -0.3 is 16.0 Å². The lowest BCUT2D eigenvalue weighted by Gasteiger charge is -2.33. The van der Waals surface area contributed by atoms with E-state index < -0.39 is 0 Å². The number of nitrogens with two attached hydrogens (primary N) is 1. The highest BCUT2D eigenvalue weighted by atomic mass is 35.5. The second-order valence-electron chi connectivity index (χ2n) is 5.89. The molecule has 4 rings (SSSR count). The van der Waals surface area contributed by atoms with Crippen LogP contribution in [0.25, 0.3) is 21.3 Å². The molecule has 0 radical (unpaired) electrons. The molecule has 1 fully saturated rings. The van der Waals surface area contributed by atoms with Gasteiger partial charge in [0.05, 0.1) is 5.39 Å². The molecule has 3 aromatic rings. The normalized spacial score (nSPS) is 17.8. The van der Waals surface area contributed by atoms with Gasteiger partial charge in [0.1, 0.15) is 23.0 Å². The minimum atomic E-state index is -0.378. The number of amides is 1. The fourth-order valence-electron chi connectivity index (χ4n) is 3.07. The Bertz CT molecular complexity index is 926. The number of piperazine rings is 1. The van der Waals surface area contributed by atoms with Gasteiger partial charge in [-0.1, -0.05) is 23.7 Å². The van der Waals surface area contributed by atoms with Crippen molar-refractivity contribution in [2.45, 2.75) is 6.04 Å². The number of nitrogens with zero attached hydrogens (tertiary/aromatic N) is 3. The smallest absolute Gasteiger partial charge is 0.236 e. The number of benzene rings is 1. The van der Waals surface area contributed by atoms with Gasteiger partial charge >= 0.3 is 0 Å². The molecule has 1 saturated heterocycles. The average molecular weight is 374 g/mol. The van der Waals surface area contributed by atoms with Gasteiger partial charge in [-0.2, -0.15) is 0 Å². The lowest BCUT2D eigenvalue weighted by molar-refractivity contribution is -0.120. The van der Waals surface area contributed by atoms with Crippen molar-refractivity contribution in [3.05, 3.63) is 41.0 Å². The number of hydrogen-bond acceptors (Lipinski definition) is 6. The Kier molecular flexibility index (Phi) is 4.29. The summed E-state index contributed by atoms with van der Waals surface area (Å²) in [5, 5.41) is 6.92. The first-order chi connectivity index (χ1) is 12.1. The predicted molar refractivity (Wildman–Crippen MR) is 101 cm³/mol. The Labute approximate surface area is 153 Å². The molecule has 1 aromatic carbocycles. The lowest BCUT2D eigenvalue weighted by Crippen LogP contribution is -2.56. The molecule has 0 bridgehead atoms. The van der Waals surface area contributed by atoms with E-state index in [0.29, 0.717) is 18.1 Å². The number of aromatic nitrogens is 2. The van der Waals surface area contributed by atoms with Crippen LogP contribution in [0.1, 0.15) is 0 Å². The Morgan fingerprint density at radius 2 is 2.12 bits per heavy atom. The third kappa shape index (κ3) is 3.06. The first-order valence-electron chi connectivity index (χ1n) is 7.89. The van der Waals surface area contributed by atoms with Crippen molar-refractivity contribution in [3.63, 3.8) is 0 Å². The van der Waals surface area contributed by atoms with Crippen LogP contribution in [0, 0.1) is 0 Å². The zero-order chi connectivity index (χ0) is 17.4. The van der Waals surface area contributed by atoms with Crippen LogP contribution < -0.4 is 16.0 Å². The summed E-state index contributed by atoms with van der Waals surface area (Å²) in [6.07, 6.45) is 1.57. The first kappa shape index (κ1) is 16.3. The summed E-state index contributed by atoms with van der Waals surface area (Å²) < 4.78 is 0. The quantitative estimate of drug-likeness (QED) is 0.735. The van der Waals surface area contributed by atoms with Crippen molar-refractivity contribution in [2.24, 2.45) is 5.73 Å². The number of halogens is 1. The van der Waals surface area contributed by atoms with E-state index in [4.69, 9.17) is 17.3 Å². The van der Waals surface area contributed by atoms with E-state index in [9.17, 15) is 4.79 Å². The summed E-state index contributed by atoms with van der Waals surface area (Å²) in [5.74, 6) is 0.488. The van der Waals surface area contributed by atoms with Crippen molar-refractivity contribution in [2.75, 3.05) is 24.5 Å². The molecular weight excluding hydrogens is 358 g/mol. The van der Waals surface area contributed by atoms with Crippen molar-refractivity contribution in [3.8, 4) is 11.1 Å². The molecule has 25 heavy (non-hydrogen) atoms. The Morgan fingerprint density at radius 3 is 2.88 bits per heavy atom. The number of primary amides is 1. The van der Waals surface area contributed by atoms with Crippen molar-refractivity contribution in [1.82, 2.24) is 15.3 Å². The number of carbonyl (C=O) groups is 1. The Morgan fingerprint density at radius 1 is 1.32 bits per heavy atom. The summed E-state index contributed by atoms with van der Waals surface area (Å²) >= 11 is 7.59. The molecule has 3 heterocycles. The van der Waals surface area contributed by atoms with E-state index in [-0.39, 0.29) is 11.9 Å². The maximum absolute atomic E-state index is 11.6. The molecule has 0 spiro atoms. The number of anilines is 1. The molecular formula is C17H16ClN5OS. The van der Waals surface area contributed by atoms with Gasteiger partial charge in [-0.05, 0) is 17.7 Å². The number of carbonyl (C=O) groups excluding carboxylic acids is 1. The number of nitrogens with one attached hydrogen (secondary N) is 1. The van der Waals surface area contributed by atoms with E-state index in [0.717, 1.165) is 33.7 Å². The van der Waals surface area contributed by atoms with Gasteiger partial charge in [0, 0.05) is 35.6 Å². The van der Waals surface area contributed by atoms with E-state index in [1.807, 2.05) is 24.3 Å². The van der Waals surface area contributed by atoms with E-state index in [2.05, 4.69) is 25.6 Å². The Hall–Kier alpha value is -2.22. The third-order valence-electron chi connectivity index (χ3n) is 4.32. The average Bonchev–Trinajstić information content (AvgIpc) is 3.06. The van der Waals surface area contributed by atoms with Crippen LogP contribution in [0.4, 0.5) is 5.82 Å². The van der Waals surface area contributed by atoms with Crippen LogP contribution >= 0.6 is 22.9 Å². The lowest BCUT2D eigenvalue weighted by atomic mass is 10.1. The summed E-state index contributed by atoms with van der Waals surface area (Å²) in [6.45, 7) is 1.93. The van der Waals surface area contributed by atoms with Crippen LogP contribution in [0.5, 0.6) is 0 Å². The van der Waals surface area contributed by atoms with Crippen LogP contribution in [0.2, 0.25) is 5.02 Å². The van der Waals surface area contributed by atoms with Crippen LogP contribution in [0.15, 0.2) is 36.0 Å². The number of hydrogen-bond donors (Lipinski definition) is 2. The van der Waals surface area contributed by atoms with Gasteiger partial charge in [0.15, 0.2) is 0 Å². The van der Waals surface area contributed by atoms with Gasteiger partial charge in [0.25, 0.3) is 0 Å². The summed E-state index contributed by atoms with van der Waals surface area (Å²) in [4.78, 5) is 23.5. The minimum absolute atomic E-state index is 0.349. The number of rotatable bonds is 3.